The van der Waals surface area contributed by atoms with Gasteiger partial charge in [0.15, 0.2) is 0 Å². The molecule has 134 valence electrons. The van der Waals surface area contributed by atoms with Crippen molar-refractivity contribution in [3.05, 3.63) is 65.0 Å². The van der Waals surface area contributed by atoms with Crippen molar-refractivity contribution in [3.63, 3.8) is 0 Å². The maximum Gasteiger partial charge on any atom is 0.243 e. The fraction of sp³-hybridized carbons (Fsp3) is 0.211. The zero-order chi connectivity index (χ0) is 18.3. The molecule has 0 spiro atoms. The number of benzene rings is 1. The average molecular weight is 388 g/mol. The van der Waals surface area contributed by atoms with Gasteiger partial charge in [0.2, 0.25) is 10.0 Å². The summed E-state index contributed by atoms with van der Waals surface area (Å²) < 4.78 is 27.2. The number of nitrogens with zero attached hydrogens (tertiary/aromatic N) is 2. The van der Waals surface area contributed by atoms with Gasteiger partial charge in [0.05, 0.1) is 4.90 Å². The van der Waals surface area contributed by atoms with Gasteiger partial charge in [-0.2, -0.15) is 4.31 Å². The third-order valence-corrected chi connectivity index (χ3v) is 7.02. The second kappa shape index (κ2) is 6.54. The van der Waals surface area contributed by atoms with Gasteiger partial charge in [-0.1, -0.05) is 23.7 Å². The molecular formula is C19H18ClN3O2S. The van der Waals surface area contributed by atoms with Crippen molar-refractivity contribution in [1.82, 2.24) is 14.3 Å². The predicted octanol–water partition coefficient (Wildman–Crippen LogP) is 4.00. The van der Waals surface area contributed by atoms with Crippen LogP contribution in [-0.4, -0.2) is 35.8 Å². The molecule has 1 aromatic carbocycles. The molecule has 0 saturated carbocycles. The maximum atomic E-state index is 12.9. The number of sulfonamides is 1. The van der Waals surface area contributed by atoms with Crippen LogP contribution in [0.25, 0.3) is 16.6 Å². The van der Waals surface area contributed by atoms with Gasteiger partial charge in [-0.05, 0) is 48.7 Å². The molecule has 0 unspecified atom stereocenters. The maximum absolute atomic E-state index is 12.9. The monoisotopic (exact) mass is 387 g/mol. The summed E-state index contributed by atoms with van der Waals surface area (Å²) in [6.45, 7) is 2.63. The van der Waals surface area contributed by atoms with Gasteiger partial charge in [-0.15, -0.1) is 0 Å². The molecule has 7 heteroatoms. The first-order valence-corrected chi connectivity index (χ1v) is 10.2. The highest BCUT2D eigenvalue weighted by atomic mass is 35.5. The molecule has 0 bridgehead atoms. The Kier molecular flexibility index (Phi) is 4.34. The van der Waals surface area contributed by atoms with Gasteiger partial charge in [-0.3, -0.25) is 0 Å². The highest BCUT2D eigenvalue weighted by Gasteiger charge is 2.27. The van der Waals surface area contributed by atoms with Crippen LogP contribution in [0.15, 0.2) is 53.7 Å². The van der Waals surface area contributed by atoms with Crippen LogP contribution in [0, 0.1) is 6.92 Å². The first-order valence-electron chi connectivity index (χ1n) is 8.34. The summed E-state index contributed by atoms with van der Waals surface area (Å²) in [4.78, 5) is 7.71. The number of hydrogen-bond donors (Lipinski definition) is 1. The lowest BCUT2D eigenvalue weighted by Gasteiger charge is -2.26. The number of hydrogen-bond acceptors (Lipinski definition) is 3. The molecule has 0 radical (unpaired) electrons. The lowest BCUT2D eigenvalue weighted by molar-refractivity contribution is 0.441. The average Bonchev–Trinajstić information content (AvgIpc) is 3.08. The van der Waals surface area contributed by atoms with Gasteiger partial charge >= 0.3 is 0 Å². The summed E-state index contributed by atoms with van der Waals surface area (Å²) in [5, 5.41) is 1.52. The Balaban J connectivity index is 1.61. The van der Waals surface area contributed by atoms with E-state index in [1.807, 2.05) is 31.3 Å². The van der Waals surface area contributed by atoms with Crippen LogP contribution in [0.4, 0.5) is 0 Å². The van der Waals surface area contributed by atoms with Crippen molar-refractivity contribution in [1.29, 1.82) is 0 Å². The first-order chi connectivity index (χ1) is 12.5. The lowest BCUT2D eigenvalue weighted by atomic mass is 10.0. The number of halogens is 1. The quantitative estimate of drug-likeness (QED) is 0.738. The van der Waals surface area contributed by atoms with Crippen molar-refractivity contribution < 1.29 is 8.42 Å². The summed E-state index contributed by atoms with van der Waals surface area (Å²) in [5.74, 6) is 0. The van der Waals surface area contributed by atoms with Crippen LogP contribution in [0.5, 0.6) is 0 Å². The Hall–Kier alpha value is -2.15. The molecule has 5 nitrogen and oxygen atoms in total. The SMILES string of the molecule is Cc1ccc(S(=O)(=O)N2CC=C(c3c[nH]c4ncccc34)CC2)cc1Cl. The summed E-state index contributed by atoms with van der Waals surface area (Å²) in [7, 11) is -3.55. The van der Waals surface area contributed by atoms with Gasteiger partial charge in [-0.25, -0.2) is 13.4 Å². The molecule has 1 aliphatic heterocycles. The summed E-state index contributed by atoms with van der Waals surface area (Å²) in [6.07, 6.45) is 6.32. The van der Waals surface area contributed by atoms with Crippen LogP contribution in [0.2, 0.25) is 5.02 Å². The molecule has 0 fully saturated rings. The van der Waals surface area contributed by atoms with E-state index >= 15 is 0 Å². The van der Waals surface area contributed by atoms with Gasteiger partial charge in [0.1, 0.15) is 5.65 Å². The molecule has 0 atom stereocenters. The van der Waals surface area contributed by atoms with Crippen LogP contribution < -0.4 is 0 Å². The number of aryl methyl sites for hydroxylation is 1. The van der Waals surface area contributed by atoms with E-state index in [2.05, 4.69) is 9.97 Å². The zero-order valence-electron chi connectivity index (χ0n) is 14.2. The predicted molar refractivity (Wildman–Crippen MR) is 104 cm³/mol. The minimum atomic E-state index is -3.55. The molecule has 3 aromatic rings. The van der Waals surface area contributed by atoms with E-state index in [-0.39, 0.29) is 4.90 Å². The number of nitrogens with one attached hydrogen (secondary N) is 1. The van der Waals surface area contributed by atoms with Crippen LogP contribution in [0.3, 0.4) is 0 Å². The lowest BCUT2D eigenvalue weighted by Crippen LogP contribution is -2.34. The Morgan fingerprint density at radius 3 is 2.85 bits per heavy atom. The molecule has 0 aliphatic carbocycles. The van der Waals surface area contributed by atoms with Crippen molar-refractivity contribution >= 4 is 38.2 Å². The van der Waals surface area contributed by atoms with Crippen molar-refractivity contribution in [2.75, 3.05) is 13.1 Å². The second-order valence-corrected chi connectivity index (χ2v) is 8.70. The standard InChI is InChI=1S/C19H18ClN3O2S/c1-13-4-5-15(11-18(13)20)26(24,25)23-9-6-14(7-10-23)17-12-22-19-16(17)3-2-8-21-19/h2-6,8,11-12H,7,9-10H2,1H3,(H,21,22). The number of aromatic nitrogens is 2. The fourth-order valence-corrected chi connectivity index (χ4v) is 4.87. The minimum absolute atomic E-state index is 0.237. The highest BCUT2D eigenvalue weighted by Crippen LogP contribution is 2.30. The van der Waals surface area contributed by atoms with E-state index in [4.69, 9.17) is 11.6 Å². The van der Waals surface area contributed by atoms with E-state index in [9.17, 15) is 8.42 Å². The van der Waals surface area contributed by atoms with Crippen LogP contribution in [0.1, 0.15) is 17.5 Å². The molecule has 2 aromatic heterocycles. The van der Waals surface area contributed by atoms with Gasteiger partial charge in [0.25, 0.3) is 0 Å². The molecule has 1 aliphatic rings. The molecule has 3 heterocycles. The fourth-order valence-electron chi connectivity index (χ4n) is 3.22. The first kappa shape index (κ1) is 17.3. The molecule has 1 N–H and O–H groups in total. The van der Waals surface area contributed by atoms with Crippen LogP contribution in [-0.2, 0) is 10.0 Å². The third-order valence-electron chi connectivity index (χ3n) is 4.75. The summed E-state index contributed by atoms with van der Waals surface area (Å²) in [6, 6.07) is 8.80. The largest absolute Gasteiger partial charge is 0.346 e. The van der Waals surface area contributed by atoms with Crippen molar-refractivity contribution in [2.24, 2.45) is 0 Å². The number of aromatic amines is 1. The van der Waals surface area contributed by atoms with Crippen LogP contribution >= 0.6 is 11.6 Å². The smallest absolute Gasteiger partial charge is 0.243 e. The molecule has 0 saturated heterocycles. The summed E-state index contributed by atoms with van der Waals surface area (Å²) in [5.41, 5.74) is 3.92. The molecular weight excluding hydrogens is 370 g/mol. The zero-order valence-corrected chi connectivity index (χ0v) is 15.8. The minimum Gasteiger partial charge on any atom is -0.346 e. The Morgan fingerprint density at radius 1 is 1.27 bits per heavy atom. The van der Waals surface area contributed by atoms with E-state index in [1.54, 1.807) is 18.3 Å². The number of fused-ring (bicyclic) bond motifs is 1. The Morgan fingerprint density at radius 2 is 2.12 bits per heavy atom. The van der Waals surface area contributed by atoms with E-state index in [1.165, 1.54) is 10.4 Å². The summed E-state index contributed by atoms with van der Waals surface area (Å²) >= 11 is 6.10. The second-order valence-electron chi connectivity index (χ2n) is 6.36. The Labute approximate surface area is 157 Å². The van der Waals surface area contributed by atoms with Crippen molar-refractivity contribution in [3.8, 4) is 0 Å². The number of H-pyrrole nitrogens is 1. The van der Waals surface area contributed by atoms with E-state index < -0.39 is 10.0 Å². The number of rotatable bonds is 3. The van der Waals surface area contributed by atoms with Gasteiger partial charge in [0, 0.05) is 41.5 Å². The molecule has 0 amide bonds. The molecule has 4 rings (SSSR count). The number of pyridine rings is 1. The Bertz CT molecular complexity index is 1120. The normalized spacial score (nSPS) is 16.0. The topological polar surface area (TPSA) is 66.1 Å². The third kappa shape index (κ3) is 2.94. The van der Waals surface area contributed by atoms with E-state index in [0.717, 1.165) is 27.7 Å². The van der Waals surface area contributed by atoms with Gasteiger partial charge < -0.3 is 4.98 Å². The van der Waals surface area contributed by atoms with E-state index in [0.29, 0.717) is 24.5 Å². The highest BCUT2D eigenvalue weighted by molar-refractivity contribution is 7.89. The van der Waals surface area contributed by atoms with Crippen molar-refractivity contribution in [2.45, 2.75) is 18.2 Å². The molecule has 26 heavy (non-hydrogen) atoms.